The van der Waals surface area contributed by atoms with E-state index in [-0.39, 0.29) is 22.2 Å². The SMILES string of the molecule is CC1Oc2nc(Nc3ccc(N4CCNC[C@H]4C)cc3)ncc2C(=O)N1c1c(F)cccc1Cl. The van der Waals surface area contributed by atoms with E-state index in [9.17, 15) is 9.18 Å². The summed E-state index contributed by atoms with van der Waals surface area (Å²) in [6.07, 6.45) is 0.565. The van der Waals surface area contributed by atoms with Crippen molar-refractivity contribution in [2.24, 2.45) is 0 Å². The van der Waals surface area contributed by atoms with E-state index in [0.29, 0.717) is 12.0 Å². The molecule has 3 heterocycles. The second-order valence-electron chi connectivity index (χ2n) is 8.29. The summed E-state index contributed by atoms with van der Waals surface area (Å²) < 4.78 is 20.3. The molecule has 2 atom stereocenters. The third-order valence-corrected chi connectivity index (χ3v) is 6.29. The molecule has 3 aromatic rings. The van der Waals surface area contributed by atoms with Gasteiger partial charge in [0, 0.05) is 43.2 Å². The van der Waals surface area contributed by atoms with Crippen LogP contribution < -0.4 is 25.2 Å². The van der Waals surface area contributed by atoms with E-state index in [1.807, 2.05) is 12.1 Å². The number of nitrogens with zero attached hydrogens (tertiary/aromatic N) is 4. The van der Waals surface area contributed by atoms with E-state index < -0.39 is 18.0 Å². The number of ether oxygens (including phenoxy) is 1. The second-order valence-corrected chi connectivity index (χ2v) is 8.70. The minimum absolute atomic E-state index is 0.0339. The third-order valence-electron chi connectivity index (χ3n) is 5.98. The number of anilines is 4. The summed E-state index contributed by atoms with van der Waals surface area (Å²) in [5, 5.41) is 6.66. The van der Waals surface area contributed by atoms with E-state index >= 15 is 0 Å². The van der Waals surface area contributed by atoms with Crippen LogP contribution in [0.25, 0.3) is 0 Å². The van der Waals surface area contributed by atoms with Gasteiger partial charge >= 0.3 is 0 Å². The molecule has 0 saturated carbocycles. The van der Waals surface area contributed by atoms with E-state index in [1.54, 1.807) is 6.92 Å². The first-order valence-corrected chi connectivity index (χ1v) is 11.5. The van der Waals surface area contributed by atoms with E-state index in [0.717, 1.165) is 31.0 Å². The van der Waals surface area contributed by atoms with Crippen LogP contribution >= 0.6 is 11.6 Å². The summed E-state index contributed by atoms with van der Waals surface area (Å²) in [4.78, 5) is 25.3. The van der Waals surface area contributed by atoms with Gasteiger partial charge in [-0.3, -0.25) is 9.69 Å². The van der Waals surface area contributed by atoms with Gasteiger partial charge < -0.3 is 20.3 Å². The van der Waals surface area contributed by atoms with E-state index in [4.69, 9.17) is 16.3 Å². The number of benzene rings is 2. The fourth-order valence-electron chi connectivity index (χ4n) is 4.26. The van der Waals surface area contributed by atoms with Crippen LogP contribution in [0, 0.1) is 5.82 Å². The maximum absolute atomic E-state index is 14.5. The molecule has 2 aliphatic rings. The van der Waals surface area contributed by atoms with Gasteiger partial charge in [-0.2, -0.15) is 4.98 Å². The van der Waals surface area contributed by atoms with Crippen LogP contribution in [-0.4, -0.2) is 47.8 Å². The lowest BCUT2D eigenvalue weighted by atomic mass is 10.1. The van der Waals surface area contributed by atoms with Crippen molar-refractivity contribution in [1.29, 1.82) is 0 Å². The van der Waals surface area contributed by atoms with Crippen LogP contribution in [0.15, 0.2) is 48.7 Å². The molecule has 1 aromatic heterocycles. The molecule has 0 aliphatic carbocycles. The van der Waals surface area contributed by atoms with Gasteiger partial charge in [0.2, 0.25) is 11.8 Å². The van der Waals surface area contributed by atoms with Crippen molar-refractivity contribution in [3.05, 3.63) is 65.1 Å². The number of hydrogen-bond donors (Lipinski definition) is 2. The molecular weight excluding hydrogens is 459 g/mol. The Labute approximate surface area is 201 Å². The zero-order valence-corrected chi connectivity index (χ0v) is 19.5. The Balaban J connectivity index is 1.35. The Kier molecular flexibility index (Phi) is 5.97. The molecular formula is C24H24ClFN6O2. The molecule has 1 saturated heterocycles. The molecule has 0 radical (unpaired) electrons. The Bertz CT molecular complexity index is 1200. The molecule has 1 amide bonds. The highest BCUT2D eigenvalue weighted by molar-refractivity contribution is 6.34. The van der Waals surface area contributed by atoms with Crippen LogP contribution in [0.2, 0.25) is 5.02 Å². The van der Waals surface area contributed by atoms with Crippen molar-refractivity contribution >= 4 is 40.5 Å². The number of piperazine rings is 1. The summed E-state index contributed by atoms with van der Waals surface area (Å²) in [5.41, 5.74) is 2.06. The van der Waals surface area contributed by atoms with Crippen molar-refractivity contribution in [3.63, 3.8) is 0 Å². The van der Waals surface area contributed by atoms with Crippen molar-refractivity contribution < 1.29 is 13.9 Å². The Hall–Kier alpha value is -3.43. The average Bonchev–Trinajstić information content (AvgIpc) is 2.82. The van der Waals surface area contributed by atoms with Gasteiger partial charge in [-0.25, -0.2) is 9.37 Å². The van der Waals surface area contributed by atoms with Crippen LogP contribution in [-0.2, 0) is 0 Å². The number of rotatable bonds is 4. The van der Waals surface area contributed by atoms with Gasteiger partial charge in [-0.1, -0.05) is 17.7 Å². The number of nitrogens with one attached hydrogen (secondary N) is 2. The summed E-state index contributed by atoms with van der Waals surface area (Å²) in [5.74, 6) is -0.677. The zero-order chi connectivity index (χ0) is 23.8. The fourth-order valence-corrected chi connectivity index (χ4v) is 4.52. The Morgan fingerprint density at radius 1 is 1.21 bits per heavy atom. The number of halogens is 2. The first-order valence-electron chi connectivity index (χ1n) is 11.1. The number of carbonyl (C=O) groups is 1. The molecule has 176 valence electrons. The third kappa shape index (κ3) is 4.12. The van der Waals surface area contributed by atoms with Crippen LogP contribution in [0.5, 0.6) is 5.88 Å². The number of aromatic nitrogens is 2. The number of para-hydroxylation sites is 1. The number of hydrogen-bond acceptors (Lipinski definition) is 7. The molecule has 2 aliphatic heterocycles. The summed E-state index contributed by atoms with van der Waals surface area (Å²) in [7, 11) is 0. The molecule has 5 rings (SSSR count). The van der Waals surface area contributed by atoms with Crippen molar-refractivity contribution in [1.82, 2.24) is 15.3 Å². The van der Waals surface area contributed by atoms with Gasteiger partial charge in [-0.05, 0) is 50.2 Å². The topological polar surface area (TPSA) is 82.6 Å². The molecule has 1 unspecified atom stereocenters. The Morgan fingerprint density at radius 2 is 2.00 bits per heavy atom. The van der Waals surface area contributed by atoms with Gasteiger partial charge in [0.05, 0.1) is 5.02 Å². The molecule has 0 bridgehead atoms. The summed E-state index contributed by atoms with van der Waals surface area (Å²) >= 11 is 6.17. The Morgan fingerprint density at radius 3 is 2.74 bits per heavy atom. The molecule has 2 aromatic carbocycles. The number of amides is 1. The highest BCUT2D eigenvalue weighted by atomic mass is 35.5. The molecule has 8 nitrogen and oxygen atoms in total. The van der Waals surface area contributed by atoms with Gasteiger partial charge in [0.1, 0.15) is 17.1 Å². The molecule has 34 heavy (non-hydrogen) atoms. The zero-order valence-electron chi connectivity index (χ0n) is 18.8. The lowest BCUT2D eigenvalue weighted by molar-refractivity contribution is 0.0865. The van der Waals surface area contributed by atoms with Crippen LogP contribution in [0.4, 0.5) is 27.4 Å². The van der Waals surface area contributed by atoms with Gasteiger partial charge in [0.15, 0.2) is 6.23 Å². The lowest BCUT2D eigenvalue weighted by Gasteiger charge is -2.36. The monoisotopic (exact) mass is 482 g/mol. The van der Waals surface area contributed by atoms with E-state index in [1.165, 1.54) is 29.3 Å². The van der Waals surface area contributed by atoms with Crippen LogP contribution in [0.1, 0.15) is 24.2 Å². The fraction of sp³-hybridized carbons (Fsp3) is 0.292. The molecule has 2 N–H and O–H groups in total. The standard InChI is InChI=1S/C24H24ClFN6O2/c1-14-12-27-10-11-31(14)17-8-6-16(7-9-17)29-24-28-13-18-22(30-24)34-15(2)32(23(18)33)21-19(25)4-3-5-20(21)26/h3-9,13-15,27H,10-12H2,1-2H3,(H,28,29,30)/t14-,15?/m1/s1. The van der Waals surface area contributed by atoms with Crippen LogP contribution in [0.3, 0.4) is 0 Å². The highest BCUT2D eigenvalue weighted by Crippen LogP contribution is 2.36. The second kappa shape index (κ2) is 9.08. The van der Waals surface area contributed by atoms with Crippen molar-refractivity contribution in [2.45, 2.75) is 26.1 Å². The van der Waals surface area contributed by atoms with Gasteiger partial charge in [0.25, 0.3) is 5.91 Å². The maximum atomic E-state index is 14.5. The highest BCUT2D eigenvalue weighted by Gasteiger charge is 2.36. The maximum Gasteiger partial charge on any atom is 0.268 e. The minimum atomic E-state index is -0.808. The molecule has 0 spiro atoms. The molecule has 1 fully saturated rings. The first-order chi connectivity index (χ1) is 16.4. The summed E-state index contributed by atoms with van der Waals surface area (Å²) in [6.45, 7) is 6.71. The van der Waals surface area contributed by atoms with Gasteiger partial charge in [-0.15, -0.1) is 0 Å². The number of fused-ring (bicyclic) bond motifs is 1. The summed E-state index contributed by atoms with van der Waals surface area (Å²) in [6, 6.07) is 12.7. The average molecular weight is 483 g/mol. The predicted octanol–water partition coefficient (Wildman–Crippen LogP) is 4.20. The normalized spacial score (nSPS) is 20.1. The number of carbonyl (C=O) groups excluding carboxylic acids is 1. The quantitative estimate of drug-likeness (QED) is 0.576. The molecule has 10 heteroatoms. The van der Waals surface area contributed by atoms with Crippen molar-refractivity contribution in [2.75, 3.05) is 34.8 Å². The minimum Gasteiger partial charge on any atom is -0.453 e. The first kappa shape index (κ1) is 22.4. The largest absolute Gasteiger partial charge is 0.453 e. The smallest absolute Gasteiger partial charge is 0.268 e. The lowest BCUT2D eigenvalue weighted by Crippen LogP contribution is -2.49. The predicted molar refractivity (Wildman–Crippen MR) is 130 cm³/mol. The van der Waals surface area contributed by atoms with Crippen molar-refractivity contribution in [3.8, 4) is 5.88 Å². The van der Waals surface area contributed by atoms with E-state index in [2.05, 4.69) is 44.6 Å².